The van der Waals surface area contributed by atoms with Crippen LogP contribution in [0.2, 0.25) is 0 Å². The maximum absolute atomic E-state index is 11.9. The van der Waals surface area contributed by atoms with Gasteiger partial charge in [-0.15, -0.1) is 0 Å². The van der Waals surface area contributed by atoms with Gasteiger partial charge < -0.3 is 15.9 Å². The zero-order valence-electron chi connectivity index (χ0n) is 14.1. The van der Waals surface area contributed by atoms with Crippen molar-refractivity contribution < 1.29 is 9.63 Å². The van der Waals surface area contributed by atoms with Gasteiger partial charge >= 0.3 is 0 Å². The maximum atomic E-state index is 11.9. The van der Waals surface area contributed by atoms with Crippen molar-refractivity contribution in [1.82, 2.24) is 0 Å². The van der Waals surface area contributed by atoms with E-state index < -0.39 is 0 Å². The van der Waals surface area contributed by atoms with Crippen LogP contribution in [0.3, 0.4) is 0 Å². The smallest absolute Gasteiger partial charge is 0.265 e. The van der Waals surface area contributed by atoms with E-state index in [9.17, 15) is 4.79 Å². The van der Waals surface area contributed by atoms with Gasteiger partial charge in [-0.25, -0.2) is 0 Å². The molecule has 2 aromatic carbocycles. The molecule has 0 atom stereocenters. The molecule has 0 heterocycles. The molecule has 0 radical (unpaired) electrons. The van der Waals surface area contributed by atoms with Gasteiger partial charge in [-0.3, -0.25) is 4.79 Å². The molecular weight excluding hydrogens is 302 g/mol. The zero-order valence-corrected chi connectivity index (χ0v) is 14.1. The van der Waals surface area contributed by atoms with Crippen LogP contribution < -0.4 is 11.1 Å². The van der Waals surface area contributed by atoms with Crippen LogP contribution in [0, 0.1) is 13.8 Å². The summed E-state index contributed by atoms with van der Waals surface area (Å²) >= 11 is 0. The second-order valence-corrected chi connectivity index (χ2v) is 5.71. The summed E-state index contributed by atoms with van der Waals surface area (Å²) in [5.74, 6) is 0.113. The molecule has 126 valence electrons. The lowest BCUT2D eigenvalue weighted by molar-refractivity contribution is -0.120. The van der Waals surface area contributed by atoms with Crippen LogP contribution >= 0.6 is 0 Å². The fourth-order valence-electron chi connectivity index (χ4n) is 2.19. The molecular formula is C19H23N3O2. The summed E-state index contributed by atoms with van der Waals surface area (Å²) in [6, 6.07) is 15.9. The first-order valence-electron chi connectivity index (χ1n) is 7.90. The Bertz CT molecular complexity index is 712. The first kappa shape index (κ1) is 17.5. The molecule has 0 aliphatic heterocycles. The highest BCUT2D eigenvalue weighted by atomic mass is 16.6. The molecule has 0 unspecified atom stereocenters. The largest absolute Gasteiger partial charge is 0.384 e. The van der Waals surface area contributed by atoms with Crippen molar-refractivity contribution in [2.24, 2.45) is 10.9 Å². The lowest BCUT2D eigenvalue weighted by Crippen LogP contribution is -2.19. The second kappa shape index (κ2) is 8.72. The number of benzene rings is 2. The number of carbonyl (C=O) groups is 1. The topological polar surface area (TPSA) is 76.7 Å². The molecule has 3 N–H and O–H groups in total. The van der Waals surface area contributed by atoms with Crippen molar-refractivity contribution in [3.05, 3.63) is 65.2 Å². The summed E-state index contributed by atoms with van der Waals surface area (Å²) in [6.07, 6.45) is 1.37. The van der Waals surface area contributed by atoms with E-state index >= 15 is 0 Å². The van der Waals surface area contributed by atoms with Gasteiger partial charge in [0.2, 0.25) is 0 Å². The van der Waals surface area contributed by atoms with E-state index in [1.165, 1.54) is 5.56 Å². The van der Waals surface area contributed by atoms with E-state index in [4.69, 9.17) is 10.6 Å². The fourth-order valence-corrected chi connectivity index (χ4v) is 2.19. The Morgan fingerprint density at radius 1 is 1.17 bits per heavy atom. The molecule has 0 spiro atoms. The highest BCUT2D eigenvalue weighted by molar-refractivity contribution is 5.92. The number of hydrogen-bond acceptors (Lipinski definition) is 3. The number of carbonyl (C=O) groups excluding carboxylic acids is 1. The maximum Gasteiger partial charge on any atom is 0.265 e. The summed E-state index contributed by atoms with van der Waals surface area (Å²) in [5, 5.41) is 6.60. The summed E-state index contributed by atoms with van der Waals surface area (Å²) in [4.78, 5) is 16.9. The van der Waals surface area contributed by atoms with E-state index in [2.05, 4.69) is 10.5 Å². The van der Waals surface area contributed by atoms with Crippen LogP contribution in [0.4, 0.5) is 5.69 Å². The number of nitrogens with one attached hydrogen (secondary N) is 1. The number of anilines is 1. The molecule has 0 bridgehead atoms. The van der Waals surface area contributed by atoms with Crippen molar-refractivity contribution in [3.8, 4) is 0 Å². The molecule has 0 fully saturated rings. The Labute approximate surface area is 142 Å². The van der Waals surface area contributed by atoms with Gasteiger partial charge in [0.05, 0.1) is 0 Å². The highest BCUT2D eigenvalue weighted by Crippen LogP contribution is 2.16. The number of oxime groups is 1. The van der Waals surface area contributed by atoms with Crippen LogP contribution in [0.5, 0.6) is 0 Å². The standard InChI is InChI=1S/C19H23N3O2/c1-14-8-9-15(2)17(12-14)21-19(23)13-24-22-18(20)11-10-16-6-4-3-5-7-16/h3-9,12H,10-11,13H2,1-2H3,(H2,20,22)(H,21,23). The normalized spacial score (nSPS) is 11.2. The number of amidine groups is 1. The van der Waals surface area contributed by atoms with Crippen LogP contribution in [-0.4, -0.2) is 18.3 Å². The lowest BCUT2D eigenvalue weighted by Gasteiger charge is -2.09. The molecule has 2 aromatic rings. The third-order valence-electron chi connectivity index (χ3n) is 3.56. The predicted octanol–water partition coefficient (Wildman–Crippen LogP) is 3.16. The summed E-state index contributed by atoms with van der Waals surface area (Å²) < 4.78 is 0. The molecule has 5 heteroatoms. The van der Waals surface area contributed by atoms with Crippen LogP contribution in [0.25, 0.3) is 0 Å². The monoisotopic (exact) mass is 325 g/mol. The molecule has 0 aliphatic carbocycles. The number of hydrogen-bond donors (Lipinski definition) is 2. The number of amides is 1. The van der Waals surface area contributed by atoms with Crippen molar-refractivity contribution in [2.75, 3.05) is 11.9 Å². The van der Waals surface area contributed by atoms with E-state index in [-0.39, 0.29) is 12.5 Å². The van der Waals surface area contributed by atoms with Crippen LogP contribution in [0.15, 0.2) is 53.7 Å². The summed E-state index contributed by atoms with van der Waals surface area (Å²) in [5.41, 5.74) is 9.85. The van der Waals surface area contributed by atoms with Crippen molar-refractivity contribution in [1.29, 1.82) is 0 Å². The summed E-state index contributed by atoms with van der Waals surface area (Å²) in [7, 11) is 0. The summed E-state index contributed by atoms with van der Waals surface area (Å²) in [6.45, 7) is 3.75. The van der Waals surface area contributed by atoms with Crippen molar-refractivity contribution >= 4 is 17.4 Å². The Morgan fingerprint density at radius 3 is 2.67 bits per heavy atom. The van der Waals surface area contributed by atoms with E-state index in [1.807, 2.05) is 62.4 Å². The number of nitrogens with zero attached hydrogens (tertiary/aromatic N) is 1. The molecule has 1 amide bonds. The molecule has 0 aromatic heterocycles. The number of rotatable bonds is 7. The van der Waals surface area contributed by atoms with Gasteiger partial charge in [-0.1, -0.05) is 47.6 Å². The third-order valence-corrected chi connectivity index (χ3v) is 3.56. The van der Waals surface area contributed by atoms with E-state index in [0.29, 0.717) is 12.3 Å². The highest BCUT2D eigenvalue weighted by Gasteiger charge is 2.06. The average molecular weight is 325 g/mol. The average Bonchev–Trinajstić information content (AvgIpc) is 2.57. The van der Waals surface area contributed by atoms with Gasteiger partial charge in [0.15, 0.2) is 6.61 Å². The quantitative estimate of drug-likeness (QED) is 0.466. The molecule has 0 saturated heterocycles. The minimum atomic E-state index is -0.261. The first-order chi connectivity index (χ1) is 11.5. The third kappa shape index (κ3) is 5.76. The number of aryl methyl sites for hydroxylation is 3. The van der Waals surface area contributed by atoms with Gasteiger partial charge in [-0.05, 0) is 43.0 Å². The van der Waals surface area contributed by atoms with Gasteiger partial charge in [0.1, 0.15) is 5.84 Å². The number of nitrogens with two attached hydrogens (primary N) is 1. The lowest BCUT2D eigenvalue weighted by atomic mass is 10.1. The minimum Gasteiger partial charge on any atom is -0.384 e. The Kier molecular flexibility index (Phi) is 6.37. The predicted molar refractivity (Wildman–Crippen MR) is 96.9 cm³/mol. The molecule has 5 nitrogen and oxygen atoms in total. The molecule has 0 aliphatic rings. The fraction of sp³-hybridized carbons (Fsp3) is 0.263. The Balaban J connectivity index is 1.76. The van der Waals surface area contributed by atoms with E-state index in [1.54, 1.807) is 0 Å². The molecule has 2 rings (SSSR count). The van der Waals surface area contributed by atoms with Gasteiger partial charge in [-0.2, -0.15) is 0 Å². The minimum absolute atomic E-state index is 0.167. The molecule has 0 saturated carbocycles. The SMILES string of the molecule is Cc1ccc(C)c(NC(=O)CO/N=C(\N)CCc2ccccc2)c1. The van der Waals surface area contributed by atoms with Crippen molar-refractivity contribution in [3.63, 3.8) is 0 Å². The Morgan fingerprint density at radius 2 is 1.92 bits per heavy atom. The van der Waals surface area contributed by atoms with E-state index in [0.717, 1.165) is 23.2 Å². The second-order valence-electron chi connectivity index (χ2n) is 5.71. The van der Waals surface area contributed by atoms with Crippen LogP contribution in [-0.2, 0) is 16.1 Å². The molecule has 24 heavy (non-hydrogen) atoms. The zero-order chi connectivity index (χ0) is 17.4. The van der Waals surface area contributed by atoms with Gasteiger partial charge in [0, 0.05) is 12.1 Å². The van der Waals surface area contributed by atoms with Crippen molar-refractivity contribution in [2.45, 2.75) is 26.7 Å². The van der Waals surface area contributed by atoms with Gasteiger partial charge in [0.25, 0.3) is 5.91 Å². The van der Waals surface area contributed by atoms with Crippen LogP contribution in [0.1, 0.15) is 23.1 Å². The Hall–Kier alpha value is -2.82. The first-order valence-corrected chi connectivity index (χ1v) is 7.90.